The molecule has 0 radical (unpaired) electrons. The summed E-state index contributed by atoms with van der Waals surface area (Å²) in [6, 6.07) is 3.81. The van der Waals surface area contributed by atoms with Gasteiger partial charge in [-0.1, -0.05) is 20.8 Å². The second kappa shape index (κ2) is 6.42. The quantitative estimate of drug-likeness (QED) is 0.874. The molecule has 1 fully saturated rings. The van der Waals surface area contributed by atoms with Gasteiger partial charge in [0.2, 0.25) is 0 Å². The molecule has 1 aromatic heterocycles. The average Bonchev–Trinajstić information content (AvgIpc) is 2.80. The predicted octanol–water partition coefficient (Wildman–Crippen LogP) is 2.08. The summed E-state index contributed by atoms with van der Waals surface area (Å²) in [6.45, 7) is 10.4. The number of likely N-dealkylation sites (tertiary alicyclic amines) is 1. The van der Waals surface area contributed by atoms with E-state index in [2.05, 4.69) is 26.1 Å². The lowest BCUT2D eigenvalue weighted by atomic mass is 9.88. The van der Waals surface area contributed by atoms with Crippen molar-refractivity contribution in [2.75, 3.05) is 19.6 Å². The standard InChI is InChI=1S/C17H28N2O3/c1-13-6-7-14(22-13)10-18-11-17(21)8-5-9-19(15(17)20)12-16(2,3)4/h6-7,18,21H,5,8-12H2,1-4H3/t17-/m1/s1. The maximum atomic E-state index is 12.6. The molecule has 1 saturated heterocycles. The Labute approximate surface area is 132 Å². The van der Waals surface area contributed by atoms with Crippen molar-refractivity contribution >= 4 is 5.91 Å². The Morgan fingerprint density at radius 3 is 2.73 bits per heavy atom. The molecule has 2 rings (SSSR count). The molecule has 1 aromatic rings. The maximum absolute atomic E-state index is 12.6. The molecular formula is C17H28N2O3. The predicted molar refractivity (Wildman–Crippen MR) is 85.4 cm³/mol. The lowest BCUT2D eigenvalue weighted by Gasteiger charge is -2.40. The first-order valence-electron chi connectivity index (χ1n) is 7.97. The highest BCUT2D eigenvalue weighted by Crippen LogP contribution is 2.26. The molecule has 0 aromatic carbocycles. The molecule has 5 heteroatoms. The Bertz CT molecular complexity index is 518. The van der Waals surface area contributed by atoms with Gasteiger partial charge in [0.05, 0.1) is 6.54 Å². The fourth-order valence-corrected chi connectivity index (χ4v) is 2.93. The van der Waals surface area contributed by atoms with Crippen LogP contribution in [0.4, 0.5) is 0 Å². The molecule has 2 heterocycles. The number of piperidine rings is 1. The van der Waals surface area contributed by atoms with Gasteiger partial charge in [0, 0.05) is 19.6 Å². The van der Waals surface area contributed by atoms with Crippen LogP contribution in [0, 0.1) is 12.3 Å². The summed E-state index contributed by atoms with van der Waals surface area (Å²) in [7, 11) is 0. The fourth-order valence-electron chi connectivity index (χ4n) is 2.93. The molecule has 0 unspecified atom stereocenters. The van der Waals surface area contributed by atoms with Crippen LogP contribution in [0.15, 0.2) is 16.5 Å². The van der Waals surface area contributed by atoms with Crippen molar-refractivity contribution in [2.45, 2.75) is 52.7 Å². The summed E-state index contributed by atoms with van der Waals surface area (Å²) in [4.78, 5) is 14.4. The van der Waals surface area contributed by atoms with Gasteiger partial charge in [0.25, 0.3) is 5.91 Å². The highest BCUT2D eigenvalue weighted by atomic mass is 16.3. The van der Waals surface area contributed by atoms with Crippen molar-refractivity contribution < 1.29 is 14.3 Å². The largest absolute Gasteiger partial charge is 0.465 e. The number of aliphatic hydroxyl groups is 1. The van der Waals surface area contributed by atoms with E-state index in [4.69, 9.17) is 4.42 Å². The molecule has 124 valence electrons. The van der Waals surface area contributed by atoms with Crippen molar-refractivity contribution in [1.29, 1.82) is 0 Å². The van der Waals surface area contributed by atoms with Gasteiger partial charge in [-0.3, -0.25) is 4.79 Å². The summed E-state index contributed by atoms with van der Waals surface area (Å²) in [5.74, 6) is 1.52. The van der Waals surface area contributed by atoms with Crippen molar-refractivity contribution in [3.05, 3.63) is 23.7 Å². The molecule has 1 aliphatic heterocycles. The van der Waals surface area contributed by atoms with Crippen molar-refractivity contribution in [2.24, 2.45) is 5.41 Å². The van der Waals surface area contributed by atoms with Gasteiger partial charge in [-0.2, -0.15) is 0 Å². The topological polar surface area (TPSA) is 65.7 Å². The Balaban J connectivity index is 1.91. The summed E-state index contributed by atoms with van der Waals surface area (Å²) in [5, 5.41) is 13.9. The number of rotatable bonds is 5. The molecule has 0 bridgehead atoms. The van der Waals surface area contributed by atoms with Gasteiger partial charge in [-0.15, -0.1) is 0 Å². The number of hydrogen-bond donors (Lipinski definition) is 2. The van der Waals surface area contributed by atoms with Crippen molar-refractivity contribution in [3.8, 4) is 0 Å². The Morgan fingerprint density at radius 1 is 1.41 bits per heavy atom. The van der Waals surface area contributed by atoms with Gasteiger partial charge in [0.15, 0.2) is 5.60 Å². The van der Waals surface area contributed by atoms with Crippen LogP contribution in [0.5, 0.6) is 0 Å². The van der Waals surface area contributed by atoms with Crippen LogP contribution in [0.2, 0.25) is 0 Å². The van der Waals surface area contributed by atoms with E-state index >= 15 is 0 Å². The molecule has 0 saturated carbocycles. The normalized spacial score (nSPS) is 23.1. The third-order valence-corrected chi connectivity index (χ3v) is 3.88. The highest BCUT2D eigenvalue weighted by molar-refractivity contribution is 5.86. The molecule has 1 atom stereocenters. The third kappa shape index (κ3) is 4.34. The monoisotopic (exact) mass is 308 g/mol. The first kappa shape index (κ1) is 17.0. The van der Waals surface area contributed by atoms with Crippen LogP contribution in [-0.2, 0) is 11.3 Å². The number of hydrogen-bond acceptors (Lipinski definition) is 4. The maximum Gasteiger partial charge on any atom is 0.255 e. The minimum Gasteiger partial charge on any atom is -0.465 e. The zero-order chi connectivity index (χ0) is 16.4. The number of nitrogens with one attached hydrogen (secondary N) is 1. The van der Waals surface area contributed by atoms with E-state index in [-0.39, 0.29) is 17.9 Å². The van der Waals surface area contributed by atoms with Crippen molar-refractivity contribution in [3.63, 3.8) is 0 Å². The van der Waals surface area contributed by atoms with E-state index in [1.165, 1.54) is 0 Å². The van der Waals surface area contributed by atoms with E-state index in [1.54, 1.807) is 4.90 Å². The number of amides is 1. The van der Waals surface area contributed by atoms with Gasteiger partial charge >= 0.3 is 0 Å². The molecule has 0 spiro atoms. The van der Waals surface area contributed by atoms with Crippen LogP contribution >= 0.6 is 0 Å². The van der Waals surface area contributed by atoms with Gasteiger partial charge in [-0.05, 0) is 37.3 Å². The molecule has 1 aliphatic rings. The first-order valence-corrected chi connectivity index (χ1v) is 7.97. The van der Waals surface area contributed by atoms with Gasteiger partial charge < -0.3 is 19.7 Å². The number of furan rings is 1. The zero-order valence-electron chi connectivity index (χ0n) is 14.1. The minimum atomic E-state index is -1.30. The smallest absolute Gasteiger partial charge is 0.255 e. The Hall–Kier alpha value is -1.33. The fraction of sp³-hybridized carbons (Fsp3) is 0.706. The van der Waals surface area contributed by atoms with E-state index in [0.717, 1.165) is 24.5 Å². The first-order chi connectivity index (χ1) is 10.2. The number of aryl methyl sites for hydroxylation is 1. The molecule has 1 amide bonds. The summed E-state index contributed by atoms with van der Waals surface area (Å²) >= 11 is 0. The molecule has 0 aliphatic carbocycles. The molecule has 2 N–H and O–H groups in total. The van der Waals surface area contributed by atoms with Crippen LogP contribution < -0.4 is 5.32 Å². The second-order valence-corrected chi connectivity index (χ2v) is 7.54. The van der Waals surface area contributed by atoms with Crippen LogP contribution in [0.3, 0.4) is 0 Å². The lowest BCUT2D eigenvalue weighted by molar-refractivity contribution is -0.158. The summed E-state index contributed by atoms with van der Waals surface area (Å²) in [6.07, 6.45) is 1.34. The summed E-state index contributed by atoms with van der Waals surface area (Å²) < 4.78 is 5.48. The molecule has 22 heavy (non-hydrogen) atoms. The van der Waals surface area contributed by atoms with Gasteiger partial charge in [0.1, 0.15) is 11.5 Å². The number of carbonyl (C=O) groups is 1. The van der Waals surface area contributed by atoms with E-state index < -0.39 is 5.60 Å². The third-order valence-electron chi connectivity index (χ3n) is 3.88. The molecular weight excluding hydrogens is 280 g/mol. The zero-order valence-corrected chi connectivity index (χ0v) is 14.1. The van der Waals surface area contributed by atoms with E-state index in [1.807, 2.05) is 19.1 Å². The minimum absolute atomic E-state index is 0.0348. The van der Waals surface area contributed by atoms with Crippen LogP contribution in [0.1, 0.15) is 45.1 Å². The number of nitrogens with zero attached hydrogens (tertiary/aromatic N) is 1. The van der Waals surface area contributed by atoms with E-state index in [0.29, 0.717) is 19.5 Å². The SMILES string of the molecule is Cc1ccc(CNC[C@]2(O)CCCN(CC(C)(C)C)C2=O)o1. The second-order valence-electron chi connectivity index (χ2n) is 7.54. The highest BCUT2D eigenvalue weighted by Gasteiger charge is 2.42. The van der Waals surface area contributed by atoms with Gasteiger partial charge in [-0.25, -0.2) is 0 Å². The van der Waals surface area contributed by atoms with Crippen LogP contribution in [0.25, 0.3) is 0 Å². The Kier molecular flexibility index (Phi) is 4.97. The average molecular weight is 308 g/mol. The molecule has 5 nitrogen and oxygen atoms in total. The Morgan fingerprint density at radius 2 is 2.14 bits per heavy atom. The summed E-state index contributed by atoms with van der Waals surface area (Å²) in [5.41, 5.74) is -1.27. The number of carbonyl (C=O) groups excluding carboxylic acids is 1. The van der Waals surface area contributed by atoms with Crippen molar-refractivity contribution in [1.82, 2.24) is 10.2 Å². The lowest BCUT2D eigenvalue weighted by Crippen LogP contribution is -2.59. The van der Waals surface area contributed by atoms with E-state index in [9.17, 15) is 9.90 Å². The van der Waals surface area contributed by atoms with Crippen LogP contribution in [-0.4, -0.2) is 41.1 Å².